The van der Waals surface area contributed by atoms with Crippen molar-refractivity contribution in [1.29, 1.82) is 0 Å². The van der Waals surface area contributed by atoms with Crippen molar-refractivity contribution in [3.05, 3.63) is 85.1 Å². The molecule has 0 aliphatic heterocycles. The predicted molar refractivity (Wildman–Crippen MR) is 307 cm³/mol. The summed E-state index contributed by atoms with van der Waals surface area (Å²) in [6.45, 7) is 6.50. The summed E-state index contributed by atoms with van der Waals surface area (Å²) in [5.74, 6) is -0.916. The molecule has 0 amide bonds. The number of carbonyl (C=O) groups excluding carboxylic acids is 3. The molecule has 6 nitrogen and oxygen atoms in total. The van der Waals surface area contributed by atoms with Gasteiger partial charge in [0.1, 0.15) is 13.2 Å². The number of allylic oxidation sites excluding steroid dienone is 14. The Hall–Kier alpha value is -3.41. The number of unbranched alkanes of at least 4 members (excludes halogenated alkanes) is 29. The second-order valence-electron chi connectivity index (χ2n) is 19.9. The van der Waals surface area contributed by atoms with Crippen molar-refractivity contribution in [2.75, 3.05) is 13.2 Å². The van der Waals surface area contributed by atoms with E-state index in [1.807, 2.05) is 0 Å². The van der Waals surface area contributed by atoms with Gasteiger partial charge in [-0.2, -0.15) is 0 Å². The molecule has 0 N–H and O–H groups in total. The van der Waals surface area contributed by atoms with Gasteiger partial charge in [0.25, 0.3) is 0 Å². The van der Waals surface area contributed by atoms with E-state index in [2.05, 4.69) is 106 Å². The van der Waals surface area contributed by atoms with Gasteiger partial charge in [0.2, 0.25) is 0 Å². The fourth-order valence-electron chi connectivity index (χ4n) is 8.38. The topological polar surface area (TPSA) is 78.9 Å². The first kappa shape index (κ1) is 67.6. The highest BCUT2D eigenvalue weighted by Crippen LogP contribution is 2.16. The first-order valence-corrected chi connectivity index (χ1v) is 30.1. The van der Waals surface area contributed by atoms with Gasteiger partial charge in [-0.25, -0.2) is 0 Å². The Morgan fingerprint density at radius 1 is 0.296 bits per heavy atom. The zero-order valence-corrected chi connectivity index (χ0v) is 46.7. The lowest BCUT2D eigenvalue weighted by atomic mass is 10.0. The molecule has 0 saturated heterocycles. The van der Waals surface area contributed by atoms with Gasteiger partial charge >= 0.3 is 17.9 Å². The van der Waals surface area contributed by atoms with E-state index in [9.17, 15) is 14.4 Å². The third-order valence-corrected chi connectivity index (χ3v) is 12.9. The molecule has 0 aromatic heterocycles. The second-order valence-corrected chi connectivity index (χ2v) is 19.9. The smallest absolute Gasteiger partial charge is 0.306 e. The molecule has 0 radical (unpaired) electrons. The summed E-state index contributed by atoms with van der Waals surface area (Å²) >= 11 is 0. The number of esters is 3. The Morgan fingerprint density at radius 2 is 0.549 bits per heavy atom. The summed E-state index contributed by atoms with van der Waals surface area (Å²) in [6, 6.07) is 0. The van der Waals surface area contributed by atoms with Gasteiger partial charge in [-0.3, -0.25) is 14.4 Å². The van der Waals surface area contributed by atoms with Crippen LogP contribution in [0.15, 0.2) is 85.1 Å². The molecule has 1 atom stereocenters. The molecule has 6 heteroatoms. The lowest BCUT2D eigenvalue weighted by Crippen LogP contribution is -2.30. The number of ether oxygens (including phenoxy) is 3. The van der Waals surface area contributed by atoms with Crippen LogP contribution in [0.5, 0.6) is 0 Å². The van der Waals surface area contributed by atoms with Crippen LogP contribution in [0.2, 0.25) is 0 Å². The minimum atomic E-state index is -0.794. The highest BCUT2D eigenvalue weighted by molar-refractivity contribution is 5.71. The molecule has 0 heterocycles. The Kier molecular flexibility index (Phi) is 56.3. The Bertz CT molecular complexity index is 1370. The van der Waals surface area contributed by atoms with Crippen LogP contribution < -0.4 is 0 Å². The van der Waals surface area contributed by atoms with E-state index in [-0.39, 0.29) is 31.1 Å². The van der Waals surface area contributed by atoms with Gasteiger partial charge < -0.3 is 14.2 Å². The summed E-state index contributed by atoms with van der Waals surface area (Å²) in [5, 5.41) is 0. The molecular formula is C65H112O6. The maximum absolute atomic E-state index is 12.9. The Morgan fingerprint density at radius 3 is 0.873 bits per heavy atom. The molecule has 0 aliphatic rings. The molecule has 1 unspecified atom stereocenters. The van der Waals surface area contributed by atoms with Crippen molar-refractivity contribution in [1.82, 2.24) is 0 Å². The molecule has 0 fully saturated rings. The van der Waals surface area contributed by atoms with Gasteiger partial charge in [-0.1, -0.05) is 260 Å². The Balaban J connectivity index is 4.35. The van der Waals surface area contributed by atoms with Crippen LogP contribution in [0.25, 0.3) is 0 Å². The van der Waals surface area contributed by atoms with Gasteiger partial charge in [0.05, 0.1) is 0 Å². The molecule has 0 aromatic rings. The average molecular weight is 990 g/mol. The van der Waals surface area contributed by atoms with E-state index in [0.29, 0.717) is 19.3 Å². The highest BCUT2D eigenvalue weighted by atomic mass is 16.6. The van der Waals surface area contributed by atoms with Crippen molar-refractivity contribution in [3.8, 4) is 0 Å². The van der Waals surface area contributed by atoms with Gasteiger partial charge in [0, 0.05) is 19.3 Å². The predicted octanol–water partition coefficient (Wildman–Crippen LogP) is 20.3. The van der Waals surface area contributed by atoms with Crippen molar-refractivity contribution >= 4 is 17.9 Å². The second kappa shape index (κ2) is 59.2. The highest BCUT2D eigenvalue weighted by Gasteiger charge is 2.19. The lowest BCUT2D eigenvalue weighted by molar-refractivity contribution is -0.167. The first-order chi connectivity index (χ1) is 35.0. The van der Waals surface area contributed by atoms with E-state index in [0.717, 1.165) is 103 Å². The van der Waals surface area contributed by atoms with Crippen LogP contribution in [0.4, 0.5) is 0 Å². The first-order valence-electron chi connectivity index (χ1n) is 30.1. The molecule has 71 heavy (non-hydrogen) atoms. The SMILES string of the molecule is CC/C=C\C/C=C\C/C=C\C/C=C\C/C=C\CCCCCC(=O)OC(COC(=O)CCCCCCCCCCCCC)COC(=O)CCCCCCCCCCCCC/C=C\C/C=C\CCCCCCC. The third kappa shape index (κ3) is 57.4. The zero-order valence-electron chi connectivity index (χ0n) is 46.7. The summed E-state index contributed by atoms with van der Waals surface area (Å²) in [5.41, 5.74) is 0. The summed E-state index contributed by atoms with van der Waals surface area (Å²) < 4.78 is 16.9. The summed E-state index contributed by atoms with van der Waals surface area (Å²) in [4.78, 5) is 38.2. The van der Waals surface area contributed by atoms with E-state index >= 15 is 0 Å². The number of rotatable bonds is 54. The maximum Gasteiger partial charge on any atom is 0.306 e. The van der Waals surface area contributed by atoms with E-state index in [1.54, 1.807) is 0 Å². The molecule has 0 rings (SSSR count). The fourth-order valence-corrected chi connectivity index (χ4v) is 8.38. The molecule has 0 bridgehead atoms. The van der Waals surface area contributed by atoms with Gasteiger partial charge in [-0.15, -0.1) is 0 Å². The van der Waals surface area contributed by atoms with Gasteiger partial charge in [0.15, 0.2) is 6.10 Å². The minimum Gasteiger partial charge on any atom is -0.462 e. The number of carbonyl (C=O) groups is 3. The zero-order chi connectivity index (χ0) is 51.4. The average Bonchev–Trinajstić information content (AvgIpc) is 3.37. The standard InChI is InChI=1S/C65H112O6/c1-4-7-10-13-16-19-22-24-26-28-30-31-32-33-35-36-38-40-43-46-49-52-55-58-64(67)70-61-62(60-69-63(66)57-54-51-48-45-42-21-18-15-12-9-6-3)71-65(68)59-56-53-50-47-44-41-39-37-34-29-27-25-23-20-17-14-11-8-5-2/h8,11,17,20,22,24-25,27-28,30,34,37,41,44,62H,4-7,9-10,12-16,18-19,21,23,26,29,31-33,35-36,38-40,42-43,45-61H2,1-3H3/b11-8-,20-17-,24-22-,27-25-,30-28-,37-34-,44-41-. The van der Waals surface area contributed by atoms with Crippen molar-refractivity contribution in [2.45, 2.75) is 297 Å². The van der Waals surface area contributed by atoms with Gasteiger partial charge in [-0.05, 0) is 96.3 Å². The molecule has 408 valence electrons. The molecule has 0 aromatic carbocycles. The van der Waals surface area contributed by atoms with Crippen molar-refractivity contribution in [3.63, 3.8) is 0 Å². The third-order valence-electron chi connectivity index (χ3n) is 12.9. The van der Waals surface area contributed by atoms with Crippen molar-refractivity contribution < 1.29 is 28.6 Å². The largest absolute Gasteiger partial charge is 0.462 e. The van der Waals surface area contributed by atoms with E-state index in [1.165, 1.54) is 148 Å². The van der Waals surface area contributed by atoms with E-state index < -0.39 is 6.10 Å². The number of hydrogen-bond acceptors (Lipinski definition) is 6. The molecular weight excluding hydrogens is 877 g/mol. The monoisotopic (exact) mass is 989 g/mol. The van der Waals surface area contributed by atoms with Crippen LogP contribution in [-0.2, 0) is 28.6 Å². The normalized spacial score (nSPS) is 12.7. The van der Waals surface area contributed by atoms with Crippen molar-refractivity contribution in [2.24, 2.45) is 0 Å². The van der Waals surface area contributed by atoms with Crippen LogP contribution >= 0.6 is 0 Å². The number of hydrogen-bond donors (Lipinski definition) is 0. The molecule has 0 saturated carbocycles. The molecule has 0 spiro atoms. The Labute approximate surface area is 439 Å². The molecule has 0 aliphatic carbocycles. The maximum atomic E-state index is 12.9. The quantitative estimate of drug-likeness (QED) is 0.0261. The van der Waals surface area contributed by atoms with Crippen LogP contribution in [0.3, 0.4) is 0 Å². The minimum absolute atomic E-state index is 0.0885. The van der Waals surface area contributed by atoms with Crippen LogP contribution in [0.1, 0.15) is 290 Å². The fraction of sp³-hybridized carbons (Fsp3) is 0.738. The summed E-state index contributed by atoms with van der Waals surface area (Å²) in [6.07, 6.45) is 77.2. The van der Waals surface area contributed by atoms with E-state index in [4.69, 9.17) is 14.2 Å². The summed E-state index contributed by atoms with van der Waals surface area (Å²) in [7, 11) is 0. The van der Waals surface area contributed by atoms with Crippen LogP contribution in [-0.4, -0.2) is 37.2 Å². The lowest BCUT2D eigenvalue weighted by Gasteiger charge is -2.18. The van der Waals surface area contributed by atoms with Crippen LogP contribution in [0, 0.1) is 0 Å².